The molecule has 116 valence electrons. The fraction of sp³-hybridized carbons (Fsp3) is 0.294. The van der Waals surface area contributed by atoms with Crippen LogP contribution in [0.2, 0.25) is 0 Å². The van der Waals surface area contributed by atoms with Gasteiger partial charge in [0.2, 0.25) is 0 Å². The first kappa shape index (κ1) is 15.9. The number of carbonyl (C=O) groups is 1. The Bertz CT molecular complexity index is 748. The molecular weight excluding hydrogens is 283 g/mol. The fourth-order valence-electron chi connectivity index (χ4n) is 2.31. The quantitative estimate of drug-likeness (QED) is 0.940. The maximum Gasteiger partial charge on any atom is 0.263 e. The maximum absolute atomic E-state index is 12.8. The van der Waals surface area contributed by atoms with Crippen molar-refractivity contribution in [3.8, 4) is 0 Å². The molecule has 1 N–H and O–H groups in total. The fourth-order valence-corrected chi connectivity index (χ4v) is 2.31. The molecule has 1 aromatic heterocycles. The van der Waals surface area contributed by atoms with E-state index < -0.39 is 0 Å². The topological polar surface area (TPSA) is 51.1 Å². The van der Waals surface area contributed by atoms with Crippen LogP contribution >= 0.6 is 0 Å². The number of halogens is 1. The zero-order valence-corrected chi connectivity index (χ0v) is 12.9. The molecule has 5 heteroatoms. The van der Waals surface area contributed by atoms with E-state index in [1.54, 1.807) is 26.1 Å². The molecule has 0 aliphatic carbocycles. The highest BCUT2D eigenvalue weighted by Crippen LogP contribution is 2.06. The van der Waals surface area contributed by atoms with Gasteiger partial charge in [-0.1, -0.05) is 12.1 Å². The molecule has 1 aromatic carbocycles. The van der Waals surface area contributed by atoms with E-state index in [1.807, 2.05) is 13.0 Å². The number of hydrogen-bond donors (Lipinski definition) is 1. The number of carbonyl (C=O) groups excluding carboxylic acids is 1. The molecule has 0 aliphatic heterocycles. The van der Waals surface area contributed by atoms with Crippen LogP contribution in [-0.4, -0.2) is 17.0 Å². The molecule has 2 aromatic rings. The Balaban J connectivity index is 2.06. The Hall–Kier alpha value is -2.43. The molecule has 0 saturated carbocycles. The number of aryl methyl sites for hydroxylation is 2. The van der Waals surface area contributed by atoms with Crippen LogP contribution in [0.5, 0.6) is 0 Å². The molecule has 0 radical (unpaired) electrons. The van der Waals surface area contributed by atoms with Gasteiger partial charge < -0.3 is 9.88 Å². The predicted octanol–water partition coefficient (Wildman–Crippen LogP) is 2.11. The van der Waals surface area contributed by atoms with Crippen molar-refractivity contribution in [3.05, 3.63) is 68.9 Å². The van der Waals surface area contributed by atoms with E-state index >= 15 is 0 Å². The van der Waals surface area contributed by atoms with Gasteiger partial charge in [-0.05, 0) is 49.6 Å². The molecule has 22 heavy (non-hydrogen) atoms. The van der Waals surface area contributed by atoms with E-state index in [9.17, 15) is 14.0 Å². The summed E-state index contributed by atoms with van der Waals surface area (Å²) >= 11 is 0. The number of nitrogens with zero attached hydrogens (tertiary/aromatic N) is 1. The third-order valence-electron chi connectivity index (χ3n) is 3.71. The third kappa shape index (κ3) is 3.42. The van der Waals surface area contributed by atoms with Crippen molar-refractivity contribution in [1.82, 2.24) is 9.88 Å². The summed E-state index contributed by atoms with van der Waals surface area (Å²) in [5.74, 6) is -0.660. The monoisotopic (exact) mass is 302 g/mol. The summed E-state index contributed by atoms with van der Waals surface area (Å²) < 4.78 is 14.3. The standard InChI is InChI=1S/C17H19FN2O2/c1-11-10-12(2)20(3)17(22)15(11)16(21)19-9-8-13-4-6-14(18)7-5-13/h4-7,10H,8-9H2,1-3H3,(H,19,21). The predicted molar refractivity (Wildman–Crippen MR) is 83.6 cm³/mol. The minimum atomic E-state index is -0.375. The average molecular weight is 302 g/mol. The molecule has 0 atom stereocenters. The van der Waals surface area contributed by atoms with Gasteiger partial charge in [0.1, 0.15) is 11.4 Å². The highest BCUT2D eigenvalue weighted by molar-refractivity contribution is 5.95. The third-order valence-corrected chi connectivity index (χ3v) is 3.71. The second-order valence-corrected chi connectivity index (χ2v) is 5.34. The van der Waals surface area contributed by atoms with Crippen LogP contribution in [-0.2, 0) is 13.5 Å². The Morgan fingerprint density at radius 1 is 1.23 bits per heavy atom. The normalized spacial score (nSPS) is 10.5. The Kier molecular flexibility index (Phi) is 4.75. The minimum absolute atomic E-state index is 0.173. The van der Waals surface area contributed by atoms with Gasteiger partial charge in [-0.25, -0.2) is 4.39 Å². The summed E-state index contributed by atoms with van der Waals surface area (Å²) in [6.07, 6.45) is 0.581. The average Bonchev–Trinajstić information content (AvgIpc) is 2.47. The smallest absolute Gasteiger partial charge is 0.263 e. The van der Waals surface area contributed by atoms with Gasteiger partial charge in [-0.15, -0.1) is 0 Å². The first-order valence-corrected chi connectivity index (χ1v) is 7.10. The van der Waals surface area contributed by atoms with Crippen LogP contribution < -0.4 is 10.9 Å². The van der Waals surface area contributed by atoms with Gasteiger partial charge in [0.05, 0.1) is 0 Å². The highest BCUT2D eigenvalue weighted by atomic mass is 19.1. The largest absolute Gasteiger partial charge is 0.352 e. The molecule has 1 heterocycles. The lowest BCUT2D eigenvalue weighted by Gasteiger charge is -2.11. The number of rotatable bonds is 4. The van der Waals surface area contributed by atoms with Crippen molar-refractivity contribution >= 4 is 5.91 Å². The maximum atomic E-state index is 12.8. The summed E-state index contributed by atoms with van der Waals surface area (Å²) in [6, 6.07) is 7.94. The van der Waals surface area contributed by atoms with Crippen LogP contribution in [0.3, 0.4) is 0 Å². The Labute approximate surface area is 128 Å². The molecule has 0 unspecified atom stereocenters. The van der Waals surface area contributed by atoms with Gasteiger partial charge in [0.25, 0.3) is 11.5 Å². The zero-order valence-electron chi connectivity index (χ0n) is 12.9. The number of nitrogens with one attached hydrogen (secondary N) is 1. The molecule has 0 fully saturated rings. The van der Waals surface area contributed by atoms with Gasteiger partial charge in [-0.3, -0.25) is 9.59 Å². The lowest BCUT2D eigenvalue weighted by atomic mass is 10.1. The molecule has 1 amide bonds. The number of aromatic nitrogens is 1. The molecule has 2 rings (SSSR count). The summed E-state index contributed by atoms with van der Waals surface area (Å²) in [5, 5.41) is 2.74. The summed E-state index contributed by atoms with van der Waals surface area (Å²) in [4.78, 5) is 24.4. The van der Waals surface area contributed by atoms with Crippen molar-refractivity contribution in [2.24, 2.45) is 7.05 Å². The number of hydrogen-bond acceptors (Lipinski definition) is 2. The molecular formula is C17H19FN2O2. The van der Waals surface area contributed by atoms with Crippen LogP contribution in [0.25, 0.3) is 0 Å². The minimum Gasteiger partial charge on any atom is -0.352 e. The van der Waals surface area contributed by atoms with Crippen LogP contribution in [0, 0.1) is 19.7 Å². The first-order chi connectivity index (χ1) is 10.4. The number of pyridine rings is 1. The van der Waals surface area contributed by atoms with E-state index in [0.717, 1.165) is 11.3 Å². The van der Waals surface area contributed by atoms with E-state index in [-0.39, 0.29) is 22.8 Å². The van der Waals surface area contributed by atoms with Crippen LogP contribution in [0.4, 0.5) is 4.39 Å². The SMILES string of the molecule is Cc1cc(C)n(C)c(=O)c1C(=O)NCCc1ccc(F)cc1. The molecule has 0 bridgehead atoms. The van der Waals surface area contributed by atoms with Crippen molar-refractivity contribution in [3.63, 3.8) is 0 Å². The second-order valence-electron chi connectivity index (χ2n) is 5.34. The Morgan fingerprint density at radius 2 is 1.86 bits per heavy atom. The van der Waals surface area contributed by atoms with Gasteiger partial charge in [0.15, 0.2) is 0 Å². The molecule has 4 nitrogen and oxygen atoms in total. The lowest BCUT2D eigenvalue weighted by Crippen LogP contribution is -2.35. The second kappa shape index (κ2) is 6.56. The van der Waals surface area contributed by atoms with Gasteiger partial charge in [0, 0.05) is 19.3 Å². The van der Waals surface area contributed by atoms with E-state index in [4.69, 9.17) is 0 Å². The summed E-state index contributed by atoms with van der Waals surface area (Å²) in [5.41, 5.74) is 2.28. The number of benzene rings is 1. The van der Waals surface area contributed by atoms with E-state index in [1.165, 1.54) is 16.7 Å². The zero-order chi connectivity index (χ0) is 16.3. The summed E-state index contributed by atoms with van der Waals surface area (Å²) in [7, 11) is 1.65. The molecule has 0 aliphatic rings. The Morgan fingerprint density at radius 3 is 2.50 bits per heavy atom. The van der Waals surface area contributed by atoms with Crippen molar-refractivity contribution in [2.75, 3.05) is 6.54 Å². The van der Waals surface area contributed by atoms with Crippen molar-refractivity contribution in [1.29, 1.82) is 0 Å². The van der Waals surface area contributed by atoms with Crippen molar-refractivity contribution in [2.45, 2.75) is 20.3 Å². The van der Waals surface area contributed by atoms with Gasteiger partial charge >= 0.3 is 0 Å². The summed E-state index contributed by atoms with van der Waals surface area (Å²) in [6.45, 7) is 3.97. The van der Waals surface area contributed by atoms with Crippen molar-refractivity contribution < 1.29 is 9.18 Å². The van der Waals surface area contributed by atoms with E-state index in [0.29, 0.717) is 18.5 Å². The van der Waals surface area contributed by atoms with Gasteiger partial charge in [-0.2, -0.15) is 0 Å². The van der Waals surface area contributed by atoms with Crippen LogP contribution in [0.15, 0.2) is 35.1 Å². The molecule has 0 saturated heterocycles. The highest BCUT2D eigenvalue weighted by Gasteiger charge is 2.15. The first-order valence-electron chi connectivity index (χ1n) is 7.10. The lowest BCUT2D eigenvalue weighted by molar-refractivity contribution is 0.0951. The molecule has 0 spiro atoms. The number of amides is 1. The van der Waals surface area contributed by atoms with E-state index in [2.05, 4.69) is 5.32 Å². The van der Waals surface area contributed by atoms with Crippen LogP contribution in [0.1, 0.15) is 27.2 Å².